The summed E-state index contributed by atoms with van der Waals surface area (Å²) in [7, 11) is 0. The van der Waals surface area contributed by atoms with E-state index in [-0.39, 0.29) is 18.9 Å². The third kappa shape index (κ3) is 4.16. The Morgan fingerprint density at radius 2 is 1.89 bits per heavy atom. The van der Waals surface area contributed by atoms with Gasteiger partial charge in [0.1, 0.15) is 5.82 Å². The van der Waals surface area contributed by atoms with Gasteiger partial charge in [-0.15, -0.1) is 0 Å². The van der Waals surface area contributed by atoms with E-state index in [1.807, 2.05) is 12.1 Å². The van der Waals surface area contributed by atoms with Crippen LogP contribution in [0.4, 0.5) is 20.4 Å². The van der Waals surface area contributed by atoms with Crippen LogP contribution in [-0.2, 0) is 17.8 Å². The summed E-state index contributed by atoms with van der Waals surface area (Å²) in [4.78, 5) is 18.8. The number of hydrogen-bond donors (Lipinski definition) is 1. The molecule has 0 saturated carbocycles. The molecule has 1 aliphatic heterocycles. The number of carbonyl (C=O) groups is 1. The molecule has 1 aromatic carbocycles. The molecule has 8 heteroatoms. The second-order valence-corrected chi connectivity index (χ2v) is 6.74. The van der Waals surface area contributed by atoms with E-state index in [1.54, 1.807) is 23.1 Å². The molecule has 3 heterocycles. The molecular formula is C20H19F2N5O. The van der Waals surface area contributed by atoms with Gasteiger partial charge in [-0.1, -0.05) is 12.1 Å². The Kier molecular flexibility index (Phi) is 5.01. The van der Waals surface area contributed by atoms with E-state index in [9.17, 15) is 13.6 Å². The summed E-state index contributed by atoms with van der Waals surface area (Å²) >= 11 is 0. The van der Waals surface area contributed by atoms with Gasteiger partial charge < -0.3 is 10.2 Å². The van der Waals surface area contributed by atoms with Gasteiger partial charge in [0.05, 0.1) is 13.0 Å². The van der Waals surface area contributed by atoms with Crippen LogP contribution in [0.2, 0.25) is 0 Å². The van der Waals surface area contributed by atoms with Gasteiger partial charge in [-0.3, -0.25) is 9.48 Å². The lowest BCUT2D eigenvalue weighted by molar-refractivity contribution is -0.115. The van der Waals surface area contributed by atoms with Gasteiger partial charge in [0.25, 0.3) is 0 Å². The zero-order valence-corrected chi connectivity index (χ0v) is 15.1. The first-order valence-electron chi connectivity index (χ1n) is 9.04. The first-order chi connectivity index (χ1) is 13.6. The van der Waals surface area contributed by atoms with Crippen molar-refractivity contribution in [1.29, 1.82) is 0 Å². The minimum Gasteiger partial charge on any atom is -0.356 e. The van der Waals surface area contributed by atoms with Crippen molar-refractivity contribution in [3.05, 3.63) is 71.6 Å². The van der Waals surface area contributed by atoms with Crippen molar-refractivity contribution >= 4 is 17.5 Å². The Morgan fingerprint density at radius 1 is 1.07 bits per heavy atom. The van der Waals surface area contributed by atoms with Crippen molar-refractivity contribution in [2.24, 2.45) is 0 Å². The van der Waals surface area contributed by atoms with Gasteiger partial charge >= 0.3 is 0 Å². The summed E-state index contributed by atoms with van der Waals surface area (Å²) in [5.41, 5.74) is 1.40. The number of nitrogens with zero attached hydrogens (tertiary/aromatic N) is 4. The predicted octanol–water partition coefficient (Wildman–Crippen LogP) is 3.00. The van der Waals surface area contributed by atoms with Crippen molar-refractivity contribution in [3.63, 3.8) is 0 Å². The number of rotatable bonds is 6. The van der Waals surface area contributed by atoms with Crippen LogP contribution in [0.3, 0.4) is 0 Å². The molecule has 6 nitrogen and oxygen atoms in total. The second-order valence-electron chi connectivity index (χ2n) is 6.74. The normalized spacial score (nSPS) is 13.3. The van der Waals surface area contributed by atoms with E-state index in [0.717, 1.165) is 36.6 Å². The molecule has 1 aliphatic rings. The summed E-state index contributed by atoms with van der Waals surface area (Å²) in [6, 6.07) is 9.20. The van der Waals surface area contributed by atoms with Gasteiger partial charge in [-0.25, -0.2) is 13.8 Å². The lowest BCUT2D eigenvalue weighted by Gasteiger charge is -2.31. The lowest BCUT2D eigenvalue weighted by atomic mass is 10.2. The monoisotopic (exact) mass is 383 g/mol. The molecule has 1 N–H and O–H groups in total. The van der Waals surface area contributed by atoms with Crippen LogP contribution in [0.15, 0.2) is 48.8 Å². The Balaban J connectivity index is 1.32. The maximum absolute atomic E-state index is 13.3. The Hall–Kier alpha value is -3.29. The van der Waals surface area contributed by atoms with Crippen molar-refractivity contribution in [2.45, 2.75) is 19.4 Å². The number of nitrogens with one attached hydrogen (secondary N) is 1. The standard InChI is InChI=1S/C20H19F2N5O/c21-16-4-2-15(10-17(16)22)13-27-9-6-18(25-27)24-20(28)11-14-3-5-19(23-12-14)26-7-1-8-26/h2-6,9-10,12H,1,7-8,11,13H2,(H,24,25,28). The molecule has 0 aliphatic carbocycles. The highest BCUT2D eigenvalue weighted by atomic mass is 19.2. The number of benzene rings is 1. The molecule has 3 aromatic rings. The van der Waals surface area contributed by atoms with Crippen LogP contribution in [0.5, 0.6) is 0 Å². The van der Waals surface area contributed by atoms with Gasteiger partial charge in [-0.2, -0.15) is 5.10 Å². The smallest absolute Gasteiger partial charge is 0.230 e. The Morgan fingerprint density at radius 3 is 2.57 bits per heavy atom. The summed E-state index contributed by atoms with van der Waals surface area (Å²) in [6.07, 6.45) is 4.77. The Labute approximate surface area is 160 Å². The molecule has 1 fully saturated rings. The van der Waals surface area contributed by atoms with E-state index in [2.05, 4.69) is 20.3 Å². The molecule has 4 rings (SSSR count). The highest BCUT2D eigenvalue weighted by Crippen LogP contribution is 2.18. The SMILES string of the molecule is O=C(Cc1ccc(N2CCC2)nc1)Nc1ccn(Cc2ccc(F)c(F)c2)n1. The molecular weight excluding hydrogens is 364 g/mol. The van der Waals surface area contributed by atoms with Crippen LogP contribution in [0.1, 0.15) is 17.5 Å². The molecule has 1 saturated heterocycles. The number of amides is 1. The van der Waals surface area contributed by atoms with Gasteiger partial charge in [0, 0.05) is 31.5 Å². The summed E-state index contributed by atoms with van der Waals surface area (Å²) in [6.45, 7) is 2.33. The average molecular weight is 383 g/mol. The summed E-state index contributed by atoms with van der Waals surface area (Å²) in [5.74, 6) is -0.641. The van der Waals surface area contributed by atoms with Crippen LogP contribution < -0.4 is 10.2 Å². The number of pyridine rings is 1. The van der Waals surface area contributed by atoms with Crippen LogP contribution in [0, 0.1) is 11.6 Å². The molecule has 144 valence electrons. The fourth-order valence-electron chi connectivity index (χ4n) is 2.97. The van der Waals surface area contributed by atoms with Crippen LogP contribution in [-0.4, -0.2) is 33.8 Å². The molecule has 2 aromatic heterocycles. The molecule has 1 amide bonds. The minimum absolute atomic E-state index is 0.198. The van der Waals surface area contributed by atoms with Crippen molar-refractivity contribution in [3.8, 4) is 0 Å². The highest BCUT2D eigenvalue weighted by molar-refractivity contribution is 5.91. The summed E-state index contributed by atoms with van der Waals surface area (Å²) < 4.78 is 27.8. The average Bonchev–Trinajstić information content (AvgIpc) is 3.05. The molecule has 0 radical (unpaired) electrons. The van der Waals surface area contributed by atoms with Gasteiger partial charge in [0.2, 0.25) is 5.91 Å². The quantitative estimate of drug-likeness (QED) is 0.711. The van der Waals surface area contributed by atoms with E-state index in [4.69, 9.17) is 0 Å². The maximum Gasteiger partial charge on any atom is 0.230 e. The minimum atomic E-state index is -0.896. The highest BCUT2D eigenvalue weighted by Gasteiger charge is 2.15. The fourth-order valence-corrected chi connectivity index (χ4v) is 2.97. The molecule has 0 spiro atoms. The third-order valence-electron chi connectivity index (χ3n) is 4.59. The maximum atomic E-state index is 13.3. The fraction of sp³-hybridized carbons (Fsp3) is 0.250. The van der Waals surface area contributed by atoms with E-state index in [1.165, 1.54) is 12.5 Å². The third-order valence-corrected chi connectivity index (χ3v) is 4.59. The predicted molar refractivity (Wildman–Crippen MR) is 101 cm³/mol. The Bertz CT molecular complexity index is 983. The van der Waals surface area contributed by atoms with Crippen LogP contribution >= 0.6 is 0 Å². The number of carbonyl (C=O) groups excluding carboxylic acids is 1. The van der Waals surface area contributed by atoms with Gasteiger partial charge in [0.15, 0.2) is 17.5 Å². The van der Waals surface area contributed by atoms with E-state index in [0.29, 0.717) is 11.4 Å². The zero-order chi connectivity index (χ0) is 19.5. The number of halogens is 2. The van der Waals surface area contributed by atoms with Gasteiger partial charge in [-0.05, 0) is 35.7 Å². The molecule has 0 unspecified atom stereocenters. The summed E-state index contributed by atoms with van der Waals surface area (Å²) in [5, 5.41) is 6.98. The van der Waals surface area contributed by atoms with Crippen molar-refractivity contribution in [2.75, 3.05) is 23.3 Å². The van der Waals surface area contributed by atoms with Crippen LogP contribution in [0.25, 0.3) is 0 Å². The van der Waals surface area contributed by atoms with E-state index >= 15 is 0 Å². The first-order valence-corrected chi connectivity index (χ1v) is 9.04. The van der Waals surface area contributed by atoms with Crippen molar-refractivity contribution in [1.82, 2.24) is 14.8 Å². The number of aromatic nitrogens is 3. The lowest BCUT2D eigenvalue weighted by Crippen LogP contribution is -2.37. The largest absolute Gasteiger partial charge is 0.356 e. The number of anilines is 2. The molecule has 28 heavy (non-hydrogen) atoms. The number of hydrogen-bond acceptors (Lipinski definition) is 4. The van der Waals surface area contributed by atoms with Crippen molar-refractivity contribution < 1.29 is 13.6 Å². The topological polar surface area (TPSA) is 63.1 Å². The first kappa shape index (κ1) is 18.1. The molecule has 0 atom stereocenters. The van der Waals surface area contributed by atoms with E-state index < -0.39 is 11.6 Å². The second kappa shape index (κ2) is 7.75. The zero-order valence-electron chi connectivity index (χ0n) is 15.1. The molecule has 0 bridgehead atoms.